The number of benzene rings is 4. The quantitative estimate of drug-likeness (QED) is 0.174. The van der Waals surface area contributed by atoms with E-state index in [1.807, 2.05) is 66.7 Å². The Morgan fingerprint density at radius 2 is 0.684 bits per heavy atom. The molecule has 2 N–H and O–H groups in total. The van der Waals surface area contributed by atoms with Crippen LogP contribution < -0.4 is 4.74 Å². The molecule has 4 aromatic carbocycles. The van der Waals surface area contributed by atoms with E-state index in [2.05, 4.69) is 122 Å². The van der Waals surface area contributed by atoms with E-state index in [0.29, 0.717) is 5.75 Å². The van der Waals surface area contributed by atoms with Crippen LogP contribution in [0.2, 0.25) is 10.6 Å². The second kappa shape index (κ2) is 14.5. The van der Waals surface area contributed by atoms with Gasteiger partial charge < -0.3 is 14.7 Å². The molecule has 0 radical (unpaired) electrons. The first kappa shape index (κ1) is 34.4. The molecule has 10 heteroatoms. The van der Waals surface area contributed by atoms with Crippen LogP contribution in [-0.2, 0) is 0 Å². The molecule has 2 aliphatic heterocycles. The summed E-state index contributed by atoms with van der Waals surface area (Å²) in [6, 6.07) is 47.2. The number of nitrogens with zero attached hydrogens (tertiary/aromatic N) is 5. The number of hydrogen-bond acceptors (Lipinski definition) is 6. The fraction of sp³-hybridized carbons (Fsp3) is 0. The Morgan fingerprint density at radius 1 is 0.351 bits per heavy atom. The highest BCUT2D eigenvalue weighted by Crippen LogP contribution is 2.38. The molecule has 4 aromatic heterocycles. The minimum atomic E-state index is -0.0549. The molecule has 0 saturated heterocycles. The van der Waals surface area contributed by atoms with Crippen molar-refractivity contribution in [3.05, 3.63) is 173 Å². The standard InChI is InChI=1S/C47H29Cl2N7O/c48-45-54-46(49)56-47(55-45)57-32-18-16-31(17-19-32)44-39-26-24-37(52-39)42(29-12-6-2-7-13-29)35-22-20-33(50-35)41(28-10-4-1-5-11-28)34-21-23-36(51-34)43(30-14-8-3-9-15-30)38-25-27-40(44)53-38/h1-27,50,53H. The zero-order chi connectivity index (χ0) is 38.3. The van der Waals surface area contributed by atoms with Crippen molar-refractivity contribution in [1.29, 1.82) is 0 Å². The van der Waals surface area contributed by atoms with Crippen molar-refractivity contribution in [2.45, 2.75) is 0 Å². The first-order valence-corrected chi connectivity index (χ1v) is 19.0. The number of hydrogen-bond donors (Lipinski definition) is 2. The molecule has 0 fully saturated rings. The Morgan fingerprint density at radius 3 is 1.04 bits per heavy atom. The largest absolute Gasteiger partial charge is 0.424 e. The van der Waals surface area contributed by atoms with Crippen LogP contribution in [0.25, 0.3) is 90.9 Å². The van der Waals surface area contributed by atoms with Crippen LogP contribution in [-0.4, -0.2) is 34.9 Å². The van der Waals surface area contributed by atoms with Crippen LogP contribution in [0.1, 0.15) is 22.8 Å². The lowest BCUT2D eigenvalue weighted by atomic mass is 10.0. The normalized spacial score (nSPS) is 11.9. The monoisotopic (exact) mass is 777 g/mol. The van der Waals surface area contributed by atoms with Crippen LogP contribution in [0.3, 0.4) is 0 Å². The van der Waals surface area contributed by atoms with E-state index in [4.69, 9.17) is 37.9 Å². The van der Waals surface area contributed by atoms with Crippen LogP contribution in [0.4, 0.5) is 0 Å². The summed E-state index contributed by atoms with van der Waals surface area (Å²) in [5.74, 6) is 0.501. The van der Waals surface area contributed by atoms with Gasteiger partial charge in [-0.2, -0.15) is 15.0 Å². The maximum Gasteiger partial charge on any atom is 0.327 e. The highest BCUT2D eigenvalue weighted by atomic mass is 35.5. The molecule has 0 atom stereocenters. The van der Waals surface area contributed by atoms with Gasteiger partial charge in [0.1, 0.15) is 5.75 Å². The van der Waals surface area contributed by atoms with Crippen molar-refractivity contribution in [3.63, 3.8) is 0 Å². The SMILES string of the molecule is Clc1nc(Cl)nc(Oc2ccc(-c3c4nc(c(-c5ccccc5)c5ccc([nH]5)c(-c5ccccc5)c5nc(c(-c6ccccc6)c6ccc3[nH]6)C=C5)C=C4)cc2)n1. The number of fused-ring (bicyclic) bond motifs is 8. The zero-order valence-electron chi connectivity index (χ0n) is 30.0. The van der Waals surface area contributed by atoms with Gasteiger partial charge in [-0.05, 0) is 106 Å². The predicted octanol–water partition coefficient (Wildman–Crippen LogP) is 12.6. The average molecular weight is 779 g/mol. The summed E-state index contributed by atoms with van der Waals surface area (Å²) in [6.45, 7) is 0. The van der Waals surface area contributed by atoms with Gasteiger partial charge in [0.05, 0.1) is 22.8 Å². The summed E-state index contributed by atoms with van der Waals surface area (Å²) in [4.78, 5) is 30.2. The second-order valence-corrected chi connectivity index (χ2v) is 14.1. The third kappa shape index (κ3) is 6.67. The highest BCUT2D eigenvalue weighted by Gasteiger charge is 2.19. The van der Waals surface area contributed by atoms with Gasteiger partial charge >= 0.3 is 6.01 Å². The molecule has 0 aliphatic carbocycles. The van der Waals surface area contributed by atoms with Gasteiger partial charge in [0, 0.05) is 44.3 Å². The summed E-state index contributed by atoms with van der Waals surface area (Å²) in [7, 11) is 0. The Labute approximate surface area is 336 Å². The van der Waals surface area contributed by atoms with Gasteiger partial charge in [0.25, 0.3) is 0 Å². The van der Waals surface area contributed by atoms with E-state index >= 15 is 0 Å². The molecule has 6 heterocycles. The zero-order valence-corrected chi connectivity index (χ0v) is 31.5. The van der Waals surface area contributed by atoms with Crippen molar-refractivity contribution in [1.82, 2.24) is 34.9 Å². The van der Waals surface area contributed by atoms with E-state index in [-0.39, 0.29) is 16.6 Å². The molecule has 8 aromatic rings. The fourth-order valence-corrected chi connectivity index (χ4v) is 7.73. The smallest absolute Gasteiger partial charge is 0.327 e. The Bertz CT molecular complexity index is 2990. The van der Waals surface area contributed by atoms with Crippen LogP contribution in [0.15, 0.2) is 140 Å². The van der Waals surface area contributed by atoms with Gasteiger partial charge in [-0.3, -0.25) is 0 Å². The lowest BCUT2D eigenvalue weighted by molar-refractivity contribution is 0.439. The molecule has 10 rings (SSSR count). The number of aromatic nitrogens is 7. The molecule has 2 aliphatic rings. The van der Waals surface area contributed by atoms with Gasteiger partial charge in [-0.15, -0.1) is 0 Å². The first-order chi connectivity index (χ1) is 28.0. The van der Waals surface area contributed by atoms with Gasteiger partial charge in [-0.25, -0.2) is 9.97 Å². The predicted molar refractivity (Wildman–Crippen MR) is 231 cm³/mol. The molecule has 0 unspecified atom stereocenters. The van der Waals surface area contributed by atoms with Gasteiger partial charge in [0.15, 0.2) is 0 Å². The van der Waals surface area contributed by atoms with Gasteiger partial charge in [-0.1, -0.05) is 103 Å². The molecule has 8 nitrogen and oxygen atoms in total. The first-order valence-electron chi connectivity index (χ1n) is 18.2. The third-order valence-corrected chi connectivity index (χ3v) is 10.2. The third-order valence-electron chi connectivity index (χ3n) is 9.85. The van der Waals surface area contributed by atoms with E-state index in [1.54, 1.807) is 0 Å². The number of H-pyrrole nitrogens is 2. The fourth-order valence-electron chi connectivity index (χ4n) is 7.38. The number of halogens is 2. The maximum atomic E-state index is 6.00. The van der Waals surface area contributed by atoms with Crippen LogP contribution in [0.5, 0.6) is 11.8 Å². The van der Waals surface area contributed by atoms with E-state index in [9.17, 15) is 0 Å². The Kier molecular flexibility index (Phi) is 8.74. The summed E-state index contributed by atoms with van der Waals surface area (Å²) >= 11 is 12.0. The lowest BCUT2D eigenvalue weighted by Crippen LogP contribution is -1.95. The average Bonchev–Trinajstić information content (AvgIpc) is 4.08. The number of ether oxygens (including phenoxy) is 1. The number of rotatable bonds is 6. The molecule has 272 valence electrons. The molecule has 0 spiro atoms. The van der Waals surface area contributed by atoms with Crippen molar-refractivity contribution in [2.75, 3.05) is 0 Å². The van der Waals surface area contributed by atoms with E-state index in [1.165, 1.54) is 0 Å². The van der Waals surface area contributed by atoms with Gasteiger partial charge in [0.2, 0.25) is 10.6 Å². The molecule has 0 amide bonds. The van der Waals surface area contributed by atoms with Crippen LogP contribution in [0, 0.1) is 0 Å². The minimum Gasteiger partial charge on any atom is -0.424 e. The van der Waals surface area contributed by atoms with E-state index in [0.717, 1.165) is 89.4 Å². The van der Waals surface area contributed by atoms with Crippen molar-refractivity contribution < 1.29 is 4.74 Å². The highest BCUT2D eigenvalue weighted by molar-refractivity contribution is 6.31. The summed E-state index contributed by atoms with van der Waals surface area (Å²) in [5, 5.41) is -0.110. The molecule has 8 bridgehead atoms. The van der Waals surface area contributed by atoms with Crippen LogP contribution >= 0.6 is 23.2 Å². The van der Waals surface area contributed by atoms with Crippen molar-refractivity contribution in [2.24, 2.45) is 0 Å². The Balaban J connectivity index is 1.28. The number of aromatic amines is 2. The lowest BCUT2D eigenvalue weighted by Gasteiger charge is -2.08. The second-order valence-electron chi connectivity index (χ2n) is 13.4. The summed E-state index contributed by atoms with van der Waals surface area (Å²) in [6.07, 6.45) is 8.37. The molecule has 0 saturated carbocycles. The Hall–Kier alpha value is -7.13. The van der Waals surface area contributed by atoms with Crippen molar-refractivity contribution >= 4 is 69.6 Å². The molecular formula is C47H29Cl2N7O. The summed E-state index contributed by atoms with van der Waals surface area (Å²) in [5.41, 5.74) is 14.9. The topological polar surface area (TPSA) is 105 Å². The minimum absolute atomic E-state index is 0.000311. The molecular weight excluding hydrogens is 749 g/mol. The number of nitrogens with one attached hydrogen (secondary N) is 2. The summed E-state index contributed by atoms with van der Waals surface area (Å²) < 4.78 is 5.91. The van der Waals surface area contributed by atoms with Crippen molar-refractivity contribution in [3.8, 4) is 56.3 Å². The molecule has 57 heavy (non-hydrogen) atoms. The van der Waals surface area contributed by atoms with E-state index < -0.39 is 0 Å². The maximum absolute atomic E-state index is 6.00.